The second-order valence-corrected chi connectivity index (χ2v) is 3.44. The normalized spacial score (nSPS) is 16.2. The SMILES string of the molecule is NCc1cc(F)c(C2CC2)cc1F. The van der Waals surface area contributed by atoms with E-state index in [0.717, 1.165) is 12.8 Å². The van der Waals surface area contributed by atoms with Crippen LogP contribution in [-0.4, -0.2) is 0 Å². The zero-order chi connectivity index (χ0) is 9.42. The highest BCUT2D eigenvalue weighted by molar-refractivity contribution is 5.31. The highest BCUT2D eigenvalue weighted by Gasteiger charge is 2.27. The largest absolute Gasteiger partial charge is 0.326 e. The molecule has 0 saturated heterocycles. The molecule has 1 aliphatic carbocycles. The van der Waals surface area contributed by atoms with E-state index in [4.69, 9.17) is 5.73 Å². The first-order valence-electron chi connectivity index (χ1n) is 4.40. The van der Waals surface area contributed by atoms with Crippen molar-refractivity contribution in [1.29, 1.82) is 0 Å². The molecule has 1 nitrogen and oxygen atoms in total. The number of hydrogen-bond donors (Lipinski definition) is 1. The standard InChI is InChI=1S/C10H11F2N/c11-9-4-8(6-1-2-6)10(12)3-7(9)5-13/h3-4,6H,1-2,5,13H2. The van der Waals surface area contributed by atoms with Crippen LogP contribution in [0.5, 0.6) is 0 Å². The molecule has 0 amide bonds. The minimum Gasteiger partial charge on any atom is -0.326 e. The van der Waals surface area contributed by atoms with Crippen LogP contribution in [0.1, 0.15) is 29.9 Å². The molecule has 1 aromatic rings. The van der Waals surface area contributed by atoms with Crippen LogP contribution in [0.25, 0.3) is 0 Å². The predicted octanol–water partition coefficient (Wildman–Crippen LogP) is 2.30. The smallest absolute Gasteiger partial charge is 0.128 e. The van der Waals surface area contributed by atoms with Gasteiger partial charge < -0.3 is 5.73 Å². The van der Waals surface area contributed by atoms with E-state index >= 15 is 0 Å². The van der Waals surface area contributed by atoms with Gasteiger partial charge in [0, 0.05) is 12.1 Å². The van der Waals surface area contributed by atoms with Gasteiger partial charge in [-0.25, -0.2) is 8.78 Å². The van der Waals surface area contributed by atoms with E-state index in [0.29, 0.717) is 5.56 Å². The Hall–Kier alpha value is -0.960. The van der Waals surface area contributed by atoms with Gasteiger partial charge in [-0.1, -0.05) is 0 Å². The average molecular weight is 183 g/mol. The molecule has 0 bridgehead atoms. The van der Waals surface area contributed by atoms with Crippen molar-refractivity contribution in [2.45, 2.75) is 25.3 Å². The van der Waals surface area contributed by atoms with Gasteiger partial charge in [-0.3, -0.25) is 0 Å². The zero-order valence-corrected chi connectivity index (χ0v) is 7.19. The number of halogens is 2. The summed E-state index contributed by atoms with van der Waals surface area (Å²) in [6.45, 7) is 0.0493. The third-order valence-corrected chi connectivity index (χ3v) is 2.40. The summed E-state index contributed by atoms with van der Waals surface area (Å²) in [5.41, 5.74) is 6.02. The lowest BCUT2D eigenvalue weighted by Gasteiger charge is -2.04. The summed E-state index contributed by atoms with van der Waals surface area (Å²) >= 11 is 0. The fourth-order valence-electron chi connectivity index (χ4n) is 1.47. The van der Waals surface area contributed by atoms with Gasteiger partial charge in [0.2, 0.25) is 0 Å². The van der Waals surface area contributed by atoms with Crippen molar-refractivity contribution in [2.75, 3.05) is 0 Å². The first-order chi connectivity index (χ1) is 6.22. The number of nitrogens with two attached hydrogens (primary N) is 1. The van der Waals surface area contributed by atoms with Crippen LogP contribution in [0.15, 0.2) is 12.1 Å². The summed E-state index contributed by atoms with van der Waals surface area (Å²) in [4.78, 5) is 0. The van der Waals surface area contributed by atoms with Gasteiger partial charge in [-0.15, -0.1) is 0 Å². The average Bonchev–Trinajstić information content (AvgIpc) is 2.91. The second-order valence-electron chi connectivity index (χ2n) is 3.44. The Balaban J connectivity index is 2.42. The Labute approximate surface area is 75.6 Å². The lowest BCUT2D eigenvalue weighted by molar-refractivity contribution is 0.573. The Kier molecular flexibility index (Phi) is 2.04. The molecule has 1 saturated carbocycles. The molecular weight excluding hydrogens is 172 g/mol. The Morgan fingerprint density at radius 1 is 1.23 bits per heavy atom. The van der Waals surface area contributed by atoms with Crippen LogP contribution in [0.4, 0.5) is 8.78 Å². The minimum absolute atomic E-state index is 0.0493. The predicted molar refractivity (Wildman–Crippen MR) is 46.2 cm³/mol. The van der Waals surface area contributed by atoms with Crippen LogP contribution in [0, 0.1) is 11.6 Å². The van der Waals surface area contributed by atoms with E-state index in [9.17, 15) is 8.78 Å². The van der Waals surface area contributed by atoms with Gasteiger partial charge in [0.05, 0.1) is 0 Å². The van der Waals surface area contributed by atoms with Crippen molar-refractivity contribution in [1.82, 2.24) is 0 Å². The molecule has 0 aromatic heterocycles. The van der Waals surface area contributed by atoms with Crippen LogP contribution in [0.2, 0.25) is 0 Å². The number of hydrogen-bond acceptors (Lipinski definition) is 1. The summed E-state index contributed by atoms with van der Waals surface area (Å²) in [5.74, 6) is -0.462. The van der Waals surface area contributed by atoms with E-state index in [-0.39, 0.29) is 29.7 Å². The molecular formula is C10H11F2N. The molecule has 0 atom stereocenters. The third kappa shape index (κ3) is 1.56. The molecule has 1 aliphatic rings. The second kappa shape index (κ2) is 3.07. The molecule has 0 aliphatic heterocycles. The molecule has 13 heavy (non-hydrogen) atoms. The number of benzene rings is 1. The molecule has 0 radical (unpaired) electrons. The molecule has 1 fully saturated rings. The fourth-order valence-corrected chi connectivity index (χ4v) is 1.47. The van der Waals surface area contributed by atoms with E-state index < -0.39 is 0 Å². The maximum atomic E-state index is 13.3. The minimum atomic E-state index is -0.384. The topological polar surface area (TPSA) is 26.0 Å². The van der Waals surface area contributed by atoms with Gasteiger partial charge in [-0.05, 0) is 36.5 Å². The molecule has 0 spiro atoms. The van der Waals surface area contributed by atoms with Crippen molar-refractivity contribution >= 4 is 0 Å². The van der Waals surface area contributed by atoms with Crippen molar-refractivity contribution in [3.63, 3.8) is 0 Å². The first kappa shape index (κ1) is 8.63. The lowest BCUT2D eigenvalue weighted by atomic mass is 10.1. The van der Waals surface area contributed by atoms with Crippen LogP contribution in [0.3, 0.4) is 0 Å². The van der Waals surface area contributed by atoms with Crippen molar-refractivity contribution < 1.29 is 8.78 Å². The number of rotatable bonds is 2. The van der Waals surface area contributed by atoms with E-state index in [1.807, 2.05) is 0 Å². The molecule has 0 unspecified atom stereocenters. The lowest BCUT2D eigenvalue weighted by Crippen LogP contribution is -2.02. The molecule has 3 heteroatoms. The van der Waals surface area contributed by atoms with Crippen molar-refractivity contribution in [3.05, 3.63) is 34.9 Å². The Morgan fingerprint density at radius 3 is 2.46 bits per heavy atom. The van der Waals surface area contributed by atoms with Crippen LogP contribution in [-0.2, 0) is 6.54 Å². The fraction of sp³-hybridized carbons (Fsp3) is 0.400. The van der Waals surface area contributed by atoms with Crippen LogP contribution < -0.4 is 5.73 Å². The van der Waals surface area contributed by atoms with Gasteiger partial charge in [0.15, 0.2) is 0 Å². The van der Waals surface area contributed by atoms with Crippen LogP contribution >= 0.6 is 0 Å². The maximum Gasteiger partial charge on any atom is 0.128 e. The van der Waals surface area contributed by atoms with E-state index in [1.165, 1.54) is 12.1 Å². The summed E-state index contributed by atoms with van der Waals surface area (Å²) in [5, 5.41) is 0. The first-order valence-corrected chi connectivity index (χ1v) is 4.40. The zero-order valence-electron chi connectivity index (χ0n) is 7.19. The Bertz CT molecular complexity index is 332. The van der Waals surface area contributed by atoms with Gasteiger partial charge in [-0.2, -0.15) is 0 Å². The summed E-state index contributed by atoms with van der Waals surface area (Å²) in [6, 6.07) is 2.50. The van der Waals surface area contributed by atoms with E-state index in [1.54, 1.807) is 0 Å². The van der Waals surface area contributed by atoms with Crippen molar-refractivity contribution in [2.24, 2.45) is 5.73 Å². The van der Waals surface area contributed by atoms with Crippen molar-refractivity contribution in [3.8, 4) is 0 Å². The molecule has 1 aromatic carbocycles. The summed E-state index contributed by atoms with van der Waals surface area (Å²) < 4.78 is 26.5. The summed E-state index contributed by atoms with van der Waals surface area (Å²) in [6.07, 6.45) is 1.94. The highest BCUT2D eigenvalue weighted by Crippen LogP contribution is 2.41. The maximum absolute atomic E-state index is 13.3. The summed E-state index contributed by atoms with van der Waals surface area (Å²) in [7, 11) is 0. The third-order valence-electron chi connectivity index (χ3n) is 2.40. The van der Waals surface area contributed by atoms with Gasteiger partial charge >= 0.3 is 0 Å². The monoisotopic (exact) mass is 183 g/mol. The Morgan fingerprint density at radius 2 is 1.92 bits per heavy atom. The van der Waals surface area contributed by atoms with Gasteiger partial charge in [0.25, 0.3) is 0 Å². The molecule has 70 valence electrons. The van der Waals surface area contributed by atoms with Gasteiger partial charge in [0.1, 0.15) is 11.6 Å². The molecule has 0 heterocycles. The molecule has 2 rings (SSSR count). The quantitative estimate of drug-likeness (QED) is 0.748. The van der Waals surface area contributed by atoms with E-state index in [2.05, 4.69) is 0 Å². The molecule has 2 N–H and O–H groups in total. The highest BCUT2D eigenvalue weighted by atomic mass is 19.1.